The van der Waals surface area contributed by atoms with Crippen LogP contribution in [0.2, 0.25) is 0 Å². The third kappa shape index (κ3) is 5.24. The number of nitrogens with zero attached hydrogens (tertiary/aromatic N) is 1. The third-order valence-electron chi connectivity index (χ3n) is 2.87. The Labute approximate surface area is 155 Å². The lowest BCUT2D eigenvalue weighted by Crippen LogP contribution is -2.24. The van der Waals surface area contributed by atoms with Crippen LogP contribution in [0.15, 0.2) is 50.4 Å². The number of phenols is 1. The second-order valence-electron chi connectivity index (χ2n) is 4.59. The van der Waals surface area contributed by atoms with Gasteiger partial charge in [0.15, 0.2) is 6.61 Å². The lowest BCUT2D eigenvalue weighted by molar-refractivity contribution is -0.123. The molecule has 1 amide bonds. The average Bonchev–Trinajstić information content (AvgIpc) is 2.57. The van der Waals surface area contributed by atoms with Crippen LogP contribution in [0.5, 0.6) is 17.2 Å². The summed E-state index contributed by atoms with van der Waals surface area (Å²) >= 11 is 6.54. The summed E-state index contributed by atoms with van der Waals surface area (Å²) < 4.78 is 11.7. The van der Waals surface area contributed by atoms with Crippen molar-refractivity contribution in [3.63, 3.8) is 0 Å². The Morgan fingerprint density at radius 2 is 2.04 bits per heavy atom. The summed E-state index contributed by atoms with van der Waals surface area (Å²) in [5.74, 6) is 0.946. The SMILES string of the molecule is COc1ccc(OCC(=O)N/N=C\c2ccc(O)c(Br)c2)c(Br)c1. The van der Waals surface area contributed by atoms with Gasteiger partial charge in [-0.15, -0.1) is 0 Å². The molecule has 0 spiro atoms. The number of amides is 1. The highest BCUT2D eigenvalue weighted by Gasteiger charge is 2.06. The van der Waals surface area contributed by atoms with Crippen molar-refractivity contribution < 1.29 is 19.4 Å². The fraction of sp³-hybridized carbons (Fsp3) is 0.125. The molecule has 0 saturated heterocycles. The highest BCUT2D eigenvalue weighted by Crippen LogP contribution is 2.29. The summed E-state index contributed by atoms with van der Waals surface area (Å²) in [6.45, 7) is -0.179. The van der Waals surface area contributed by atoms with Crippen LogP contribution >= 0.6 is 31.9 Å². The largest absolute Gasteiger partial charge is 0.507 e. The topological polar surface area (TPSA) is 80.2 Å². The van der Waals surface area contributed by atoms with Gasteiger partial charge < -0.3 is 14.6 Å². The minimum absolute atomic E-state index is 0.134. The number of benzene rings is 2. The number of nitrogens with one attached hydrogen (secondary N) is 1. The van der Waals surface area contributed by atoms with Crippen molar-refractivity contribution in [2.75, 3.05) is 13.7 Å². The normalized spacial score (nSPS) is 10.6. The number of methoxy groups -OCH3 is 1. The molecule has 2 aromatic rings. The van der Waals surface area contributed by atoms with Crippen LogP contribution in [-0.4, -0.2) is 30.9 Å². The van der Waals surface area contributed by atoms with Crippen LogP contribution in [0.1, 0.15) is 5.56 Å². The van der Waals surface area contributed by atoms with Gasteiger partial charge >= 0.3 is 0 Å². The Hall–Kier alpha value is -2.06. The van der Waals surface area contributed by atoms with Gasteiger partial charge in [0.1, 0.15) is 17.2 Å². The molecular formula is C16H14Br2N2O4. The minimum Gasteiger partial charge on any atom is -0.507 e. The monoisotopic (exact) mass is 456 g/mol. The average molecular weight is 458 g/mol. The molecule has 0 bridgehead atoms. The van der Waals surface area contributed by atoms with Gasteiger partial charge in [0, 0.05) is 0 Å². The molecule has 2 aromatic carbocycles. The highest BCUT2D eigenvalue weighted by atomic mass is 79.9. The summed E-state index contributed by atoms with van der Waals surface area (Å²) in [4.78, 5) is 11.7. The molecule has 0 radical (unpaired) electrons. The Balaban J connectivity index is 1.85. The van der Waals surface area contributed by atoms with E-state index in [2.05, 4.69) is 42.4 Å². The molecule has 0 fully saturated rings. The van der Waals surface area contributed by atoms with Crippen molar-refractivity contribution in [2.45, 2.75) is 0 Å². The molecule has 0 unspecified atom stereocenters. The fourth-order valence-electron chi connectivity index (χ4n) is 1.68. The standard InChI is InChI=1S/C16H14Br2N2O4/c1-23-11-3-5-15(13(18)7-11)24-9-16(22)20-19-8-10-2-4-14(21)12(17)6-10/h2-8,21H,9H2,1H3,(H,20,22)/b19-8-. The smallest absolute Gasteiger partial charge is 0.277 e. The lowest BCUT2D eigenvalue weighted by atomic mass is 10.2. The van der Waals surface area contributed by atoms with Gasteiger partial charge in [0.05, 0.1) is 22.3 Å². The van der Waals surface area contributed by atoms with E-state index in [0.29, 0.717) is 20.4 Å². The van der Waals surface area contributed by atoms with Crippen LogP contribution < -0.4 is 14.9 Å². The van der Waals surface area contributed by atoms with Gasteiger partial charge in [0.25, 0.3) is 5.91 Å². The van der Waals surface area contributed by atoms with E-state index in [1.165, 1.54) is 12.3 Å². The predicted octanol–water partition coefficient (Wildman–Crippen LogP) is 3.45. The van der Waals surface area contributed by atoms with Crippen molar-refractivity contribution in [1.82, 2.24) is 5.43 Å². The molecule has 2 N–H and O–H groups in total. The maximum atomic E-state index is 11.7. The molecule has 126 valence electrons. The molecule has 0 aromatic heterocycles. The van der Waals surface area contributed by atoms with E-state index in [1.807, 2.05) is 0 Å². The first-order valence-corrected chi connectivity index (χ1v) is 8.35. The Morgan fingerprint density at radius 3 is 2.71 bits per heavy atom. The maximum Gasteiger partial charge on any atom is 0.277 e. The maximum absolute atomic E-state index is 11.7. The van der Waals surface area contributed by atoms with Gasteiger partial charge in [-0.2, -0.15) is 5.10 Å². The number of phenolic OH excluding ortho intramolecular Hbond substituents is 1. The minimum atomic E-state index is -0.396. The Bertz CT molecular complexity index is 766. The van der Waals surface area contributed by atoms with Crippen LogP contribution in [-0.2, 0) is 4.79 Å². The summed E-state index contributed by atoms with van der Waals surface area (Å²) in [6.07, 6.45) is 1.46. The first-order chi connectivity index (χ1) is 11.5. The van der Waals surface area contributed by atoms with Gasteiger partial charge in [-0.25, -0.2) is 5.43 Å². The summed E-state index contributed by atoms with van der Waals surface area (Å²) in [6, 6.07) is 10.1. The van der Waals surface area contributed by atoms with Crippen LogP contribution in [0.4, 0.5) is 0 Å². The number of carbonyl (C=O) groups excluding carboxylic acids is 1. The Kier molecular flexibility index (Phi) is 6.62. The number of hydrogen-bond acceptors (Lipinski definition) is 5. The van der Waals surface area contributed by atoms with E-state index in [4.69, 9.17) is 9.47 Å². The van der Waals surface area contributed by atoms with Crippen LogP contribution in [0, 0.1) is 0 Å². The van der Waals surface area contributed by atoms with E-state index in [-0.39, 0.29) is 12.4 Å². The molecule has 0 heterocycles. The quantitative estimate of drug-likeness (QED) is 0.514. The second kappa shape index (κ2) is 8.70. The second-order valence-corrected chi connectivity index (χ2v) is 6.30. The molecular weight excluding hydrogens is 444 g/mol. The molecule has 0 aliphatic heterocycles. The van der Waals surface area contributed by atoms with Crippen molar-refractivity contribution >= 4 is 44.0 Å². The zero-order valence-electron chi connectivity index (χ0n) is 12.6. The fourth-order valence-corrected chi connectivity index (χ4v) is 2.55. The van der Waals surface area contributed by atoms with Gasteiger partial charge in [0.2, 0.25) is 0 Å². The van der Waals surface area contributed by atoms with Gasteiger partial charge in [-0.1, -0.05) is 0 Å². The first kappa shape index (κ1) is 18.3. The van der Waals surface area contributed by atoms with Crippen molar-refractivity contribution in [3.8, 4) is 17.2 Å². The number of halogens is 2. The number of aromatic hydroxyl groups is 1. The molecule has 8 heteroatoms. The van der Waals surface area contributed by atoms with E-state index in [9.17, 15) is 9.90 Å². The van der Waals surface area contributed by atoms with Crippen molar-refractivity contribution in [2.24, 2.45) is 5.10 Å². The number of rotatable bonds is 6. The van der Waals surface area contributed by atoms with E-state index in [1.54, 1.807) is 37.4 Å². The van der Waals surface area contributed by atoms with E-state index >= 15 is 0 Å². The summed E-state index contributed by atoms with van der Waals surface area (Å²) in [5, 5.41) is 13.2. The molecule has 6 nitrogen and oxygen atoms in total. The predicted molar refractivity (Wildman–Crippen MR) is 97.7 cm³/mol. The molecule has 0 aliphatic rings. The van der Waals surface area contributed by atoms with Gasteiger partial charge in [-0.05, 0) is 73.8 Å². The van der Waals surface area contributed by atoms with Crippen molar-refractivity contribution in [3.05, 3.63) is 50.9 Å². The number of hydrogen-bond donors (Lipinski definition) is 2. The van der Waals surface area contributed by atoms with Crippen LogP contribution in [0.25, 0.3) is 0 Å². The van der Waals surface area contributed by atoms with Crippen molar-refractivity contribution in [1.29, 1.82) is 0 Å². The number of carbonyl (C=O) groups is 1. The molecule has 24 heavy (non-hydrogen) atoms. The number of hydrazone groups is 1. The lowest BCUT2D eigenvalue weighted by Gasteiger charge is -2.08. The third-order valence-corrected chi connectivity index (χ3v) is 4.13. The molecule has 0 saturated carbocycles. The Morgan fingerprint density at radius 1 is 1.25 bits per heavy atom. The molecule has 0 atom stereocenters. The highest BCUT2D eigenvalue weighted by molar-refractivity contribution is 9.10. The molecule has 0 aliphatic carbocycles. The number of ether oxygens (including phenoxy) is 2. The van der Waals surface area contributed by atoms with Gasteiger partial charge in [-0.3, -0.25) is 4.79 Å². The zero-order chi connectivity index (χ0) is 17.5. The molecule has 2 rings (SSSR count). The van der Waals surface area contributed by atoms with Crippen LogP contribution in [0.3, 0.4) is 0 Å². The first-order valence-electron chi connectivity index (χ1n) is 6.76. The summed E-state index contributed by atoms with van der Waals surface area (Å²) in [7, 11) is 1.57. The zero-order valence-corrected chi connectivity index (χ0v) is 15.8. The van der Waals surface area contributed by atoms with E-state index in [0.717, 1.165) is 5.56 Å². The summed E-state index contributed by atoms with van der Waals surface area (Å²) in [5.41, 5.74) is 3.09. The van der Waals surface area contributed by atoms with E-state index < -0.39 is 5.91 Å².